The fraction of sp³-hybridized carbons (Fsp3) is 0.111. The lowest BCUT2D eigenvalue weighted by Crippen LogP contribution is -2.19. The third-order valence-electron chi connectivity index (χ3n) is 1.77. The van der Waals surface area contributed by atoms with Crippen LogP contribution >= 0.6 is 0 Å². The lowest BCUT2D eigenvalue weighted by atomic mass is 10.2. The Balaban J connectivity index is 2.84. The zero-order chi connectivity index (χ0) is 12.2. The largest absolute Gasteiger partial charge is 0.291 e. The van der Waals surface area contributed by atoms with Gasteiger partial charge in [0.1, 0.15) is 0 Å². The average molecular weight is 242 g/mol. The molecule has 86 valence electrons. The quantitative estimate of drug-likeness (QED) is 0.619. The Bertz CT molecular complexity index is 493. The highest BCUT2D eigenvalue weighted by Crippen LogP contribution is 2.13. The minimum Gasteiger partial charge on any atom is -0.291 e. The number of hydrogen-bond donors (Lipinski definition) is 1. The first-order valence-corrected chi connectivity index (χ1v) is 5.94. The average Bonchev–Trinajstić information content (AvgIpc) is 2.17. The second kappa shape index (κ2) is 4.75. The molecule has 0 bridgehead atoms. The fourth-order valence-corrected chi connectivity index (χ4v) is 2.07. The van der Waals surface area contributed by atoms with E-state index in [9.17, 15) is 18.5 Å². The molecular formula is C9H10N2O4S. The van der Waals surface area contributed by atoms with Crippen LogP contribution in [0.3, 0.4) is 0 Å². The first-order valence-electron chi connectivity index (χ1n) is 4.29. The molecule has 0 saturated heterocycles. The summed E-state index contributed by atoms with van der Waals surface area (Å²) in [5.74, 6) is -0.239. The molecule has 1 aromatic rings. The first kappa shape index (κ1) is 12.2. The third-order valence-corrected chi connectivity index (χ3v) is 3.01. The predicted octanol–water partition coefficient (Wildman–Crippen LogP) is 1.16. The molecule has 1 N–H and O–H groups in total. The zero-order valence-corrected chi connectivity index (χ0v) is 9.11. The molecule has 0 spiro atoms. The van der Waals surface area contributed by atoms with Crippen LogP contribution in [0.4, 0.5) is 5.69 Å². The maximum atomic E-state index is 11.3. The van der Waals surface area contributed by atoms with Crippen molar-refractivity contribution in [3.05, 3.63) is 52.7 Å². The van der Waals surface area contributed by atoms with Crippen molar-refractivity contribution in [2.75, 3.05) is 0 Å². The molecular weight excluding hydrogens is 232 g/mol. The van der Waals surface area contributed by atoms with Gasteiger partial charge in [-0.3, -0.25) is 14.8 Å². The van der Waals surface area contributed by atoms with Gasteiger partial charge in [0.25, 0.3) is 5.69 Å². The number of nitro groups is 1. The maximum Gasteiger partial charge on any atom is 0.269 e. The Kier molecular flexibility index (Phi) is 3.62. The van der Waals surface area contributed by atoms with E-state index in [0.717, 1.165) is 6.20 Å². The van der Waals surface area contributed by atoms with Crippen molar-refractivity contribution in [3.63, 3.8) is 0 Å². The molecule has 7 heteroatoms. The molecule has 0 saturated carbocycles. The van der Waals surface area contributed by atoms with Crippen molar-refractivity contribution >= 4 is 15.7 Å². The topological polar surface area (TPSA) is 89.3 Å². The van der Waals surface area contributed by atoms with E-state index in [-0.39, 0.29) is 11.4 Å². The van der Waals surface area contributed by atoms with Crippen LogP contribution in [0, 0.1) is 10.1 Å². The summed E-state index contributed by atoms with van der Waals surface area (Å²) in [4.78, 5) is 9.82. The Morgan fingerprint density at radius 2 is 1.94 bits per heavy atom. The highest BCUT2D eigenvalue weighted by atomic mass is 32.2. The van der Waals surface area contributed by atoms with Gasteiger partial charge in [0.15, 0.2) is 0 Å². The van der Waals surface area contributed by atoms with E-state index in [0.29, 0.717) is 5.56 Å². The van der Waals surface area contributed by atoms with Crippen LogP contribution in [-0.2, 0) is 15.8 Å². The number of benzene rings is 1. The molecule has 0 aromatic heterocycles. The maximum absolute atomic E-state index is 11.3. The van der Waals surface area contributed by atoms with E-state index in [1.165, 1.54) is 24.3 Å². The normalized spacial score (nSPS) is 10.8. The van der Waals surface area contributed by atoms with Crippen LogP contribution in [0.15, 0.2) is 37.0 Å². The number of nitrogens with one attached hydrogen (secondary N) is 1. The molecule has 6 nitrogen and oxygen atoms in total. The van der Waals surface area contributed by atoms with Crippen LogP contribution in [0.1, 0.15) is 5.56 Å². The Morgan fingerprint density at radius 3 is 2.38 bits per heavy atom. The van der Waals surface area contributed by atoms with Crippen molar-refractivity contribution in [2.24, 2.45) is 0 Å². The molecule has 0 aliphatic carbocycles. The summed E-state index contributed by atoms with van der Waals surface area (Å²) in [6.07, 6.45) is 1.07. The lowest BCUT2D eigenvalue weighted by molar-refractivity contribution is -0.384. The van der Waals surface area contributed by atoms with Crippen molar-refractivity contribution in [2.45, 2.75) is 5.75 Å². The second-order valence-electron chi connectivity index (χ2n) is 3.00. The summed E-state index contributed by atoms with van der Waals surface area (Å²) < 4.78 is 24.7. The van der Waals surface area contributed by atoms with Gasteiger partial charge < -0.3 is 0 Å². The third kappa shape index (κ3) is 3.35. The summed E-state index contributed by atoms with van der Waals surface area (Å²) in [5.41, 5.74) is 0.401. The van der Waals surface area contributed by atoms with E-state index in [4.69, 9.17) is 0 Å². The van der Waals surface area contributed by atoms with Crippen LogP contribution < -0.4 is 4.72 Å². The minimum absolute atomic E-state index is 0.0715. The lowest BCUT2D eigenvalue weighted by Gasteiger charge is -2.03. The van der Waals surface area contributed by atoms with Crippen molar-refractivity contribution in [3.8, 4) is 0 Å². The SMILES string of the molecule is C=CNS(=O)(=O)Cc1ccc([N+](=O)[O-])cc1. The van der Waals surface area contributed by atoms with Gasteiger partial charge >= 0.3 is 0 Å². The Morgan fingerprint density at radius 1 is 1.38 bits per heavy atom. The van der Waals surface area contributed by atoms with Crippen molar-refractivity contribution in [1.82, 2.24) is 4.72 Å². The highest BCUT2D eigenvalue weighted by Gasteiger charge is 2.10. The standard InChI is InChI=1S/C9H10N2O4S/c1-2-10-16(14,15)7-8-3-5-9(6-4-8)11(12)13/h2-6,10H,1,7H2. The molecule has 1 aromatic carbocycles. The predicted molar refractivity (Wildman–Crippen MR) is 59.1 cm³/mol. The summed E-state index contributed by atoms with van der Waals surface area (Å²) in [5, 5.41) is 10.4. The van der Waals surface area contributed by atoms with Gasteiger partial charge in [0.2, 0.25) is 10.0 Å². The molecule has 16 heavy (non-hydrogen) atoms. The number of nitro benzene ring substituents is 1. The van der Waals surface area contributed by atoms with Crippen LogP contribution in [-0.4, -0.2) is 13.3 Å². The Hall–Kier alpha value is -1.89. The monoisotopic (exact) mass is 242 g/mol. The molecule has 0 fully saturated rings. The summed E-state index contributed by atoms with van der Waals surface area (Å²) in [6.45, 7) is 3.25. The van der Waals surface area contributed by atoms with E-state index in [1.807, 2.05) is 0 Å². The van der Waals surface area contributed by atoms with Gasteiger partial charge in [-0.05, 0) is 5.56 Å². The van der Waals surface area contributed by atoms with Gasteiger partial charge in [-0.1, -0.05) is 18.7 Å². The van der Waals surface area contributed by atoms with Crippen molar-refractivity contribution < 1.29 is 13.3 Å². The molecule has 0 heterocycles. The zero-order valence-electron chi connectivity index (χ0n) is 8.29. The van der Waals surface area contributed by atoms with Crippen LogP contribution in [0.2, 0.25) is 0 Å². The highest BCUT2D eigenvalue weighted by molar-refractivity contribution is 7.88. The van der Waals surface area contributed by atoms with Crippen molar-refractivity contribution in [1.29, 1.82) is 0 Å². The minimum atomic E-state index is -3.46. The molecule has 0 unspecified atom stereocenters. The number of non-ortho nitro benzene ring substituents is 1. The Labute approximate surface area is 92.8 Å². The smallest absolute Gasteiger partial charge is 0.269 e. The van der Waals surface area contributed by atoms with Gasteiger partial charge in [0.05, 0.1) is 10.7 Å². The van der Waals surface area contributed by atoms with Crippen LogP contribution in [0.25, 0.3) is 0 Å². The molecule has 0 amide bonds. The molecule has 0 radical (unpaired) electrons. The van der Waals surface area contributed by atoms with E-state index < -0.39 is 14.9 Å². The van der Waals surface area contributed by atoms with Crippen LogP contribution in [0.5, 0.6) is 0 Å². The molecule has 0 aliphatic rings. The second-order valence-corrected chi connectivity index (χ2v) is 4.76. The molecule has 0 atom stereocenters. The van der Waals surface area contributed by atoms with Gasteiger partial charge in [-0.15, -0.1) is 0 Å². The summed E-state index contributed by atoms with van der Waals surface area (Å²) in [7, 11) is -3.46. The summed E-state index contributed by atoms with van der Waals surface area (Å²) >= 11 is 0. The van der Waals surface area contributed by atoms with E-state index in [1.54, 1.807) is 0 Å². The van der Waals surface area contributed by atoms with E-state index >= 15 is 0 Å². The number of rotatable bonds is 5. The molecule has 1 rings (SSSR count). The molecule has 0 aliphatic heterocycles. The van der Waals surface area contributed by atoms with Gasteiger partial charge in [-0.2, -0.15) is 0 Å². The van der Waals surface area contributed by atoms with Gasteiger partial charge in [-0.25, -0.2) is 8.42 Å². The summed E-state index contributed by atoms with van der Waals surface area (Å²) in [6, 6.07) is 5.33. The fourth-order valence-electron chi connectivity index (χ4n) is 1.10. The number of hydrogen-bond acceptors (Lipinski definition) is 4. The van der Waals surface area contributed by atoms with Gasteiger partial charge in [0, 0.05) is 18.3 Å². The number of sulfonamides is 1. The van der Waals surface area contributed by atoms with E-state index in [2.05, 4.69) is 11.3 Å². The number of nitrogens with zero attached hydrogens (tertiary/aromatic N) is 1. The first-order chi connectivity index (χ1) is 7.44.